The average Bonchev–Trinajstić information content (AvgIpc) is 2.77. The molecule has 2 heterocycles. The van der Waals surface area contributed by atoms with Gasteiger partial charge < -0.3 is 19.9 Å². The van der Waals surface area contributed by atoms with Gasteiger partial charge in [-0.05, 0) is 51.1 Å². The summed E-state index contributed by atoms with van der Waals surface area (Å²) in [4.78, 5) is 23.1. The third-order valence-electron chi connectivity index (χ3n) is 5.33. The summed E-state index contributed by atoms with van der Waals surface area (Å²) in [6.45, 7) is 9.99. The van der Waals surface area contributed by atoms with Crippen molar-refractivity contribution in [2.24, 2.45) is 0 Å². The van der Waals surface area contributed by atoms with Crippen LogP contribution < -0.4 is 15.0 Å². The molecule has 1 aliphatic heterocycles. The first-order chi connectivity index (χ1) is 15.0. The monoisotopic (exact) mass is 425 g/mol. The summed E-state index contributed by atoms with van der Waals surface area (Å²) >= 11 is 0. The van der Waals surface area contributed by atoms with E-state index in [0.29, 0.717) is 11.4 Å². The second-order valence-corrected chi connectivity index (χ2v) is 8.34. The second-order valence-electron chi connectivity index (χ2n) is 8.34. The number of nitrogens with one attached hydrogen (secondary N) is 1. The van der Waals surface area contributed by atoms with Crippen molar-refractivity contribution in [3.05, 3.63) is 48.2 Å². The third kappa shape index (κ3) is 6.34. The van der Waals surface area contributed by atoms with Gasteiger partial charge in [0.25, 0.3) is 5.91 Å². The lowest BCUT2D eigenvalue weighted by Crippen LogP contribution is -2.47. The van der Waals surface area contributed by atoms with Gasteiger partial charge in [0.15, 0.2) is 0 Å². The predicted octanol–water partition coefficient (Wildman–Crippen LogP) is 3.19. The lowest BCUT2D eigenvalue weighted by molar-refractivity contribution is 0.0828. The van der Waals surface area contributed by atoms with Crippen LogP contribution in [0.3, 0.4) is 0 Å². The van der Waals surface area contributed by atoms with Crippen molar-refractivity contribution in [3.8, 4) is 5.75 Å². The summed E-state index contributed by atoms with van der Waals surface area (Å²) in [6.07, 6.45) is 2.89. The molecule has 1 aromatic heterocycles. The van der Waals surface area contributed by atoms with Crippen LogP contribution in [-0.2, 0) is 0 Å². The number of nitrogens with zero attached hydrogens (tertiary/aromatic N) is 4. The van der Waals surface area contributed by atoms with Gasteiger partial charge in [-0.3, -0.25) is 9.69 Å². The molecule has 0 spiro atoms. The van der Waals surface area contributed by atoms with E-state index >= 15 is 0 Å². The van der Waals surface area contributed by atoms with Crippen LogP contribution in [0.2, 0.25) is 0 Å². The molecular formula is C24H35N5O2. The van der Waals surface area contributed by atoms with E-state index < -0.39 is 0 Å². The molecule has 0 saturated carbocycles. The molecule has 0 atom stereocenters. The van der Waals surface area contributed by atoms with Gasteiger partial charge in [0, 0.05) is 53.0 Å². The minimum Gasteiger partial charge on any atom is -0.489 e. The summed E-state index contributed by atoms with van der Waals surface area (Å²) in [5, 5.41) is 3.34. The van der Waals surface area contributed by atoms with Gasteiger partial charge >= 0.3 is 0 Å². The fraction of sp³-hybridized carbons (Fsp3) is 0.500. The number of amides is 1. The van der Waals surface area contributed by atoms with E-state index in [2.05, 4.69) is 52.1 Å². The topological polar surface area (TPSA) is 60.9 Å². The Labute approximate surface area is 186 Å². The third-order valence-corrected chi connectivity index (χ3v) is 5.33. The van der Waals surface area contributed by atoms with Crippen molar-refractivity contribution >= 4 is 17.4 Å². The largest absolute Gasteiger partial charge is 0.489 e. The lowest BCUT2D eigenvalue weighted by atomic mass is 10.2. The number of hydrogen-bond donors (Lipinski definition) is 1. The maximum Gasteiger partial charge on any atom is 0.257 e. The Hall–Kier alpha value is -2.80. The van der Waals surface area contributed by atoms with Gasteiger partial charge in [-0.15, -0.1) is 0 Å². The first-order valence-electron chi connectivity index (χ1n) is 11.1. The Balaban J connectivity index is 1.45. The predicted molar refractivity (Wildman–Crippen MR) is 126 cm³/mol. The Kier molecular flexibility index (Phi) is 8.12. The fourth-order valence-electron chi connectivity index (χ4n) is 3.75. The van der Waals surface area contributed by atoms with Crippen LogP contribution in [0, 0.1) is 0 Å². The molecule has 168 valence electrons. The SMILES string of the molecule is CC(C)Oc1ccccc1N1CCN(CCCNc2ncccc2C(=O)N(C)C)CC1. The molecule has 7 heteroatoms. The number of rotatable bonds is 9. The molecule has 1 aliphatic rings. The smallest absolute Gasteiger partial charge is 0.257 e. The van der Waals surface area contributed by atoms with Gasteiger partial charge in [0.05, 0.1) is 17.4 Å². The number of piperazine rings is 1. The number of carbonyl (C=O) groups excluding carboxylic acids is 1. The van der Waals surface area contributed by atoms with Crippen LogP contribution in [-0.4, -0.2) is 80.2 Å². The van der Waals surface area contributed by atoms with Crippen LogP contribution in [0.5, 0.6) is 5.75 Å². The van der Waals surface area contributed by atoms with Crippen molar-refractivity contribution in [2.45, 2.75) is 26.4 Å². The number of para-hydroxylation sites is 2. The first kappa shape index (κ1) is 22.9. The van der Waals surface area contributed by atoms with Crippen LogP contribution in [0.25, 0.3) is 0 Å². The number of hydrogen-bond acceptors (Lipinski definition) is 6. The van der Waals surface area contributed by atoms with Crippen molar-refractivity contribution in [1.29, 1.82) is 0 Å². The molecule has 1 saturated heterocycles. The average molecular weight is 426 g/mol. The molecule has 0 aliphatic carbocycles. The zero-order valence-corrected chi connectivity index (χ0v) is 19.2. The number of ether oxygens (including phenoxy) is 1. The molecule has 0 bridgehead atoms. The van der Waals surface area contributed by atoms with E-state index in [4.69, 9.17) is 4.74 Å². The molecule has 1 N–H and O–H groups in total. The molecule has 3 rings (SSSR count). The highest BCUT2D eigenvalue weighted by molar-refractivity contribution is 5.98. The molecule has 1 aromatic carbocycles. The molecule has 1 amide bonds. The summed E-state index contributed by atoms with van der Waals surface area (Å²) in [5.41, 5.74) is 1.80. The standard InChI is InChI=1S/C24H35N5O2/c1-19(2)31-22-11-6-5-10-21(22)29-17-15-28(16-18-29)14-8-13-26-23-20(9-7-12-25-23)24(30)27(3)4/h5-7,9-12,19H,8,13-18H2,1-4H3,(H,25,26). The van der Waals surface area contributed by atoms with Gasteiger partial charge in [0.1, 0.15) is 11.6 Å². The van der Waals surface area contributed by atoms with E-state index in [-0.39, 0.29) is 12.0 Å². The van der Waals surface area contributed by atoms with Crippen molar-refractivity contribution in [3.63, 3.8) is 0 Å². The fourth-order valence-corrected chi connectivity index (χ4v) is 3.75. The highest BCUT2D eigenvalue weighted by Crippen LogP contribution is 2.29. The zero-order chi connectivity index (χ0) is 22.2. The summed E-state index contributed by atoms with van der Waals surface area (Å²) in [6, 6.07) is 11.9. The Morgan fingerprint density at radius 2 is 1.87 bits per heavy atom. The molecule has 7 nitrogen and oxygen atoms in total. The van der Waals surface area contributed by atoms with E-state index in [1.54, 1.807) is 31.3 Å². The zero-order valence-electron chi connectivity index (χ0n) is 19.2. The van der Waals surface area contributed by atoms with Gasteiger partial charge in [0.2, 0.25) is 0 Å². The van der Waals surface area contributed by atoms with E-state index in [9.17, 15) is 4.79 Å². The number of anilines is 2. The quantitative estimate of drug-likeness (QED) is 0.623. The minimum atomic E-state index is -0.0338. The van der Waals surface area contributed by atoms with Crippen LogP contribution in [0.15, 0.2) is 42.6 Å². The van der Waals surface area contributed by atoms with Crippen molar-refractivity contribution < 1.29 is 9.53 Å². The van der Waals surface area contributed by atoms with Gasteiger partial charge in [-0.25, -0.2) is 4.98 Å². The Morgan fingerprint density at radius 1 is 1.13 bits per heavy atom. The number of pyridine rings is 1. The molecule has 2 aromatic rings. The molecule has 31 heavy (non-hydrogen) atoms. The lowest BCUT2D eigenvalue weighted by Gasteiger charge is -2.37. The molecule has 1 fully saturated rings. The molecule has 0 unspecified atom stereocenters. The number of aromatic nitrogens is 1. The second kappa shape index (κ2) is 11.0. The molecular weight excluding hydrogens is 390 g/mol. The summed E-state index contributed by atoms with van der Waals surface area (Å²) < 4.78 is 5.99. The number of carbonyl (C=O) groups is 1. The van der Waals surface area contributed by atoms with Crippen molar-refractivity contribution in [1.82, 2.24) is 14.8 Å². The van der Waals surface area contributed by atoms with Crippen LogP contribution in [0.4, 0.5) is 11.5 Å². The number of benzene rings is 1. The normalized spacial score (nSPS) is 14.5. The van der Waals surface area contributed by atoms with Crippen molar-refractivity contribution in [2.75, 3.05) is 63.6 Å². The maximum atomic E-state index is 12.3. The minimum absolute atomic E-state index is 0.0338. The summed E-state index contributed by atoms with van der Waals surface area (Å²) in [7, 11) is 3.51. The first-order valence-corrected chi connectivity index (χ1v) is 11.1. The van der Waals surface area contributed by atoms with Gasteiger partial charge in [-0.1, -0.05) is 12.1 Å². The van der Waals surface area contributed by atoms with Gasteiger partial charge in [-0.2, -0.15) is 0 Å². The highest BCUT2D eigenvalue weighted by atomic mass is 16.5. The van der Waals surface area contributed by atoms with E-state index in [1.807, 2.05) is 12.1 Å². The Bertz CT molecular complexity index is 847. The van der Waals surface area contributed by atoms with Crippen LogP contribution >= 0.6 is 0 Å². The van der Waals surface area contributed by atoms with E-state index in [1.165, 1.54) is 5.69 Å². The Morgan fingerprint density at radius 3 is 2.58 bits per heavy atom. The van der Waals surface area contributed by atoms with Crippen LogP contribution in [0.1, 0.15) is 30.6 Å². The van der Waals surface area contributed by atoms with E-state index in [0.717, 1.165) is 51.4 Å². The maximum absolute atomic E-state index is 12.3. The molecule has 0 radical (unpaired) electrons. The highest BCUT2D eigenvalue weighted by Gasteiger charge is 2.20. The summed E-state index contributed by atoms with van der Waals surface area (Å²) in [5.74, 6) is 1.59.